The summed E-state index contributed by atoms with van der Waals surface area (Å²) in [6.45, 7) is 6.47. The molecule has 0 radical (unpaired) electrons. The van der Waals surface area contributed by atoms with Crippen LogP contribution in [-0.2, 0) is 23.7 Å². The molecule has 6 rings (SSSR count). The van der Waals surface area contributed by atoms with Crippen LogP contribution in [0.25, 0.3) is 11.1 Å². The lowest BCUT2D eigenvalue weighted by Crippen LogP contribution is -2.43. The van der Waals surface area contributed by atoms with Crippen molar-refractivity contribution >= 4 is 12.0 Å². The van der Waals surface area contributed by atoms with Gasteiger partial charge in [0.05, 0.1) is 0 Å². The minimum atomic E-state index is -0.947. The Morgan fingerprint density at radius 3 is 2.40 bits per heavy atom. The zero-order valence-corrected chi connectivity index (χ0v) is 20.2. The normalized spacial score (nSPS) is 29.9. The van der Waals surface area contributed by atoms with Gasteiger partial charge in [-0.25, -0.2) is 9.79 Å². The molecule has 184 valence electrons. The lowest BCUT2D eigenvalue weighted by Gasteiger charge is -2.27. The molecule has 2 aromatic carbocycles. The van der Waals surface area contributed by atoms with E-state index in [9.17, 15) is 4.79 Å². The van der Waals surface area contributed by atoms with Gasteiger partial charge in [0.15, 0.2) is 11.7 Å². The standard InChI is InChI=1S/C27H30N2O6/c1-4-22-29-27(15-32-22)24-23(34-26(2,3)35-24)21(33-27)13-28-25(30)31-14-20-18-11-7-5-9-16(18)17-10-6-8-12-19(17)20/h5-12,20-21,23-24H,4,13-15H2,1-3H3,(H,28,30). The highest BCUT2D eigenvalue weighted by molar-refractivity contribution is 5.79. The molecule has 2 aromatic rings. The van der Waals surface area contributed by atoms with Gasteiger partial charge in [-0.05, 0) is 36.1 Å². The quantitative estimate of drug-likeness (QED) is 0.700. The van der Waals surface area contributed by atoms with Gasteiger partial charge in [-0.15, -0.1) is 0 Å². The fourth-order valence-electron chi connectivity index (χ4n) is 5.65. The topological polar surface area (TPSA) is 87.6 Å². The molecule has 3 aliphatic heterocycles. The summed E-state index contributed by atoms with van der Waals surface area (Å²) in [5.74, 6) is -0.117. The number of carbonyl (C=O) groups is 1. The van der Waals surface area contributed by atoms with Crippen molar-refractivity contribution in [2.24, 2.45) is 4.99 Å². The molecule has 4 unspecified atom stereocenters. The first-order valence-corrected chi connectivity index (χ1v) is 12.2. The van der Waals surface area contributed by atoms with Gasteiger partial charge in [0.2, 0.25) is 5.72 Å². The van der Waals surface area contributed by atoms with E-state index in [1.165, 1.54) is 22.3 Å². The number of nitrogens with zero attached hydrogens (tertiary/aromatic N) is 1. The van der Waals surface area contributed by atoms with E-state index in [1.54, 1.807) is 0 Å². The predicted octanol–water partition coefficient (Wildman–Crippen LogP) is 3.98. The molecule has 2 saturated heterocycles. The Balaban J connectivity index is 1.11. The maximum absolute atomic E-state index is 12.7. The van der Waals surface area contributed by atoms with Crippen LogP contribution in [0.1, 0.15) is 44.2 Å². The predicted molar refractivity (Wildman–Crippen MR) is 128 cm³/mol. The summed E-state index contributed by atoms with van der Waals surface area (Å²) in [4.78, 5) is 17.4. The first kappa shape index (κ1) is 22.5. The van der Waals surface area contributed by atoms with Crippen LogP contribution in [0.5, 0.6) is 0 Å². The third kappa shape index (κ3) is 3.80. The van der Waals surface area contributed by atoms with Gasteiger partial charge in [0, 0.05) is 18.9 Å². The Morgan fingerprint density at radius 2 is 1.74 bits per heavy atom. The van der Waals surface area contributed by atoms with E-state index in [4.69, 9.17) is 23.7 Å². The number of alkyl carbamates (subject to hydrolysis) is 1. The smallest absolute Gasteiger partial charge is 0.407 e. The highest BCUT2D eigenvalue weighted by Crippen LogP contribution is 2.47. The van der Waals surface area contributed by atoms with E-state index >= 15 is 0 Å². The second-order valence-electron chi connectivity index (χ2n) is 9.88. The average molecular weight is 479 g/mol. The molecule has 1 N–H and O–H groups in total. The number of benzene rings is 2. The molecular formula is C27H30N2O6. The molecule has 0 bridgehead atoms. The second kappa shape index (κ2) is 8.33. The summed E-state index contributed by atoms with van der Waals surface area (Å²) in [6, 6.07) is 16.5. The Morgan fingerprint density at radius 1 is 1.06 bits per heavy atom. The SMILES string of the molecule is CCC1=NC2(CO1)OC(CNC(=O)OCC1c3ccccc3-c3ccccc31)C1OC(C)(C)OC12. The van der Waals surface area contributed by atoms with Crippen LogP contribution in [0.4, 0.5) is 4.79 Å². The minimum Gasteiger partial charge on any atom is -0.476 e. The number of hydrogen-bond donors (Lipinski definition) is 1. The van der Waals surface area contributed by atoms with E-state index in [0.717, 1.165) is 0 Å². The maximum Gasteiger partial charge on any atom is 0.407 e. The Hall–Kier alpha value is -2.94. The first-order chi connectivity index (χ1) is 16.9. The van der Waals surface area contributed by atoms with Gasteiger partial charge in [-0.3, -0.25) is 0 Å². The fraction of sp³-hybridized carbons (Fsp3) is 0.481. The van der Waals surface area contributed by atoms with Gasteiger partial charge in [-0.2, -0.15) is 0 Å². The van der Waals surface area contributed by atoms with Crippen LogP contribution < -0.4 is 5.32 Å². The van der Waals surface area contributed by atoms with Crippen molar-refractivity contribution in [3.63, 3.8) is 0 Å². The van der Waals surface area contributed by atoms with E-state index in [1.807, 2.05) is 45.0 Å². The maximum atomic E-state index is 12.7. The molecule has 0 aromatic heterocycles. The first-order valence-electron chi connectivity index (χ1n) is 12.2. The van der Waals surface area contributed by atoms with Crippen molar-refractivity contribution in [3.05, 3.63) is 59.7 Å². The van der Waals surface area contributed by atoms with Gasteiger partial charge >= 0.3 is 6.09 Å². The number of nitrogens with one attached hydrogen (secondary N) is 1. The summed E-state index contributed by atoms with van der Waals surface area (Å²) < 4.78 is 30.0. The molecule has 2 fully saturated rings. The van der Waals surface area contributed by atoms with Crippen molar-refractivity contribution in [1.29, 1.82) is 0 Å². The van der Waals surface area contributed by atoms with Crippen molar-refractivity contribution in [1.82, 2.24) is 5.32 Å². The number of ether oxygens (including phenoxy) is 5. The highest BCUT2D eigenvalue weighted by Gasteiger charge is 2.65. The molecule has 8 nitrogen and oxygen atoms in total. The summed E-state index contributed by atoms with van der Waals surface area (Å²) in [5, 5.41) is 2.86. The third-order valence-electron chi connectivity index (χ3n) is 7.15. The zero-order valence-electron chi connectivity index (χ0n) is 20.2. The van der Waals surface area contributed by atoms with Crippen LogP contribution in [0.2, 0.25) is 0 Å². The lowest BCUT2D eigenvalue weighted by atomic mass is 9.98. The molecule has 8 heteroatoms. The molecular weight excluding hydrogens is 448 g/mol. The third-order valence-corrected chi connectivity index (χ3v) is 7.15. The van der Waals surface area contributed by atoms with Crippen LogP contribution in [0.3, 0.4) is 0 Å². The Kier molecular flexibility index (Phi) is 5.36. The number of amides is 1. The fourth-order valence-corrected chi connectivity index (χ4v) is 5.65. The van der Waals surface area contributed by atoms with Crippen molar-refractivity contribution in [2.75, 3.05) is 19.8 Å². The van der Waals surface area contributed by atoms with E-state index in [-0.39, 0.29) is 31.8 Å². The van der Waals surface area contributed by atoms with Gasteiger partial charge in [-0.1, -0.05) is 55.5 Å². The molecule has 1 aliphatic carbocycles. The van der Waals surface area contributed by atoms with E-state index < -0.39 is 29.8 Å². The monoisotopic (exact) mass is 478 g/mol. The molecule has 4 aliphatic rings. The molecule has 4 atom stereocenters. The molecule has 0 saturated carbocycles. The summed E-state index contributed by atoms with van der Waals surface area (Å²) in [7, 11) is 0. The Bertz CT molecular complexity index is 1130. The van der Waals surface area contributed by atoms with Crippen molar-refractivity contribution in [2.45, 2.75) is 62.9 Å². The molecule has 1 amide bonds. The average Bonchev–Trinajstić information content (AvgIpc) is 3.57. The van der Waals surface area contributed by atoms with Crippen molar-refractivity contribution in [3.8, 4) is 11.1 Å². The van der Waals surface area contributed by atoms with E-state index in [2.05, 4.69) is 34.6 Å². The number of hydrogen-bond acceptors (Lipinski definition) is 7. The second-order valence-corrected chi connectivity index (χ2v) is 9.88. The molecule has 1 spiro atoms. The zero-order chi connectivity index (χ0) is 24.2. The summed E-state index contributed by atoms with van der Waals surface area (Å²) >= 11 is 0. The van der Waals surface area contributed by atoms with Crippen LogP contribution >= 0.6 is 0 Å². The van der Waals surface area contributed by atoms with Gasteiger partial charge < -0.3 is 29.0 Å². The number of fused-ring (bicyclic) bond motifs is 5. The number of aliphatic imine (C=N–C) groups is 1. The Labute approximate surface area is 204 Å². The summed E-state index contributed by atoms with van der Waals surface area (Å²) in [5.41, 5.74) is 3.79. The highest BCUT2D eigenvalue weighted by atomic mass is 16.8. The molecule has 3 heterocycles. The van der Waals surface area contributed by atoms with Crippen LogP contribution in [-0.4, -0.2) is 61.6 Å². The van der Waals surface area contributed by atoms with Crippen LogP contribution in [0, 0.1) is 0 Å². The minimum absolute atomic E-state index is 0.00772. The number of carbonyl (C=O) groups excluding carboxylic acids is 1. The molecule has 35 heavy (non-hydrogen) atoms. The van der Waals surface area contributed by atoms with E-state index in [0.29, 0.717) is 12.3 Å². The number of rotatable bonds is 5. The summed E-state index contributed by atoms with van der Waals surface area (Å²) in [6.07, 6.45) is -1.04. The lowest BCUT2D eigenvalue weighted by molar-refractivity contribution is -0.208. The van der Waals surface area contributed by atoms with Crippen molar-refractivity contribution < 1.29 is 28.5 Å². The van der Waals surface area contributed by atoms with Gasteiger partial charge in [0.25, 0.3) is 0 Å². The van der Waals surface area contributed by atoms with Gasteiger partial charge in [0.1, 0.15) is 31.5 Å². The van der Waals surface area contributed by atoms with Crippen LogP contribution in [0.15, 0.2) is 53.5 Å². The largest absolute Gasteiger partial charge is 0.476 e.